The smallest absolute Gasteiger partial charge is 0.258 e. The number of aromatic nitrogens is 1. The zero-order valence-corrected chi connectivity index (χ0v) is 11.1. The lowest BCUT2D eigenvalue weighted by molar-refractivity contribution is 0.556. The lowest BCUT2D eigenvalue weighted by Gasteiger charge is -2.11. The summed E-state index contributed by atoms with van der Waals surface area (Å²) in [6.45, 7) is 3.41. The van der Waals surface area contributed by atoms with E-state index < -0.39 is 10.0 Å². The van der Waals surface area contributed by atoms with Crippen LogP contribution in [0.2, 0.25) is 0 Å². The van der Waals surface area contributed by atoms with Crippen molar-refractivity contribution < 1.29 is 8.42 Å². The van der Waals surface area contributed by atoms with Crippen molar-refractivity contribution in [2.75, 3.05) is 13.1 Å². The molecule has 17 heavy (non-hydrogen) atoms. The molecule has 2 heterocycles. The molecule has 0 aliphatic carbocycles. The maximum atomic E-state index is 11.9. The number of nitrogens with one attached hydrogen (secondary N) is 2. The highest BCUT2D eigenvalue weighted by Crippen LogP contribution is 2.08. The van der Waals surface area contributed by atoms with Crippen molar-refractivity contribution >= 4 is 22.4 Å². The van der Waals surface area contributed by atoms with Crippen molar-refractivity contribution in [3.8, 4) is 0 Å². The molecule has 1 atom stereocenters. The molecule has 1 aromatic rings. The Morgan fingerprint density at radius 3 is 2.76 bits per heavy atom. The Bertz CT molecular complexity index is 455. The zero-order valence-electron chi connectivity index (χ0n) is 9.51. The van der Waals surface area contributed by atoms with E-state index in [0.717, 1.165) is 18.5 Å². The molecule has 0 saturated carbocycles. The van der Waals surface area contributed by atoms with Crippen molar-refractivity contribution in [3.05, 3.63) is 23.9 Å². The number of nitrogens with zero attached hydrogens (tertiary/aromatic N) is 1. The molecule has 0 unspecified atom stereocenters. The summed E-state index contributed by atoms with van der Waals surface area (Å²) in [7, 11) is -3.46. The topological polar surface area (TPSA) is 71.1 Å². The van der Waals surface area contributed by atoms with Crippen LogP contribution in [0, 0.1) is 6.92 Å². The Morgan fingerprint density at radius 2 is 2.24 bits per heavy atom. The molecule has 1 aliphatic rings. The summed E-state index contributed by atoms with van der Waals surface area (Å²) in [6.07, 6.45) is 2.38. The van der Waals surface area contributed by atoms with Gasteiger partial charge in [0.15, 0.2) is 5.03 Å². The van der Waals surface area contributed by atoms with Gasteiger partial charge in [-0.3, -0.25) is 0 Å². The first kappa shape index (κ1) is 14.4. The Labute approximate surface area is 107 Å². The molecule has 0 amide bonds. The van der Waals surface area contributed by atoms with Gasteiger partial charge in [0, 0.05) is 18.8 Å². The van der Waals surface area contributed by atoms with Crippen LogP contribution in [0.25, 0.3) is 0 Å². The van der Waals surface area contributed by atoms with Crippen molar-refractivity contribution in [2.45, 2.75) is 24.4 Å². The van der Waals surface area contributed by atoms with Gasteiger partial charge in [-0.1, -0.05) is 6.07 Å². The fourth-order valence-corrected chi connectivity index (χ4v) is 2.85. The Hall–Kier alpha value is -0.690. The molecular weight excluding hydrogens is 262 g/mol. The van der Waals surface area contributed by atoms with Crippen molar-refractivity contribution in [1.29, 1.82) is 0 Å². The third-order valence-electron chi connectivity index (χ3n) is 2.54. The maximum Gasteiger partial charge on any atom is 0.258 e. The SMILES string of the molecule is Cc1ccc(S(=O)(=O)N[C@H]2CCNC2)nc1.Cl. The van der Waals surface area contributed by atoms with E-state index in [9.17, 15) is 8.42 Å². The number of pyridine rings is 1. The van der Waals surface area contributed by atoms with Gasteiger partial charge in [-0.05, 0) is 31.5 Å². The van der Waals surface area contributed by atoms with Crippen LogP contribution in [0.5, 0.6) is 0 Å². The van der Waals surface area contributed by atoms with Crippen LogP contribution in [-0.4, -0.2) is 32.5 Å². The second kappa shape index (κ2) is 5.77. The normalized spacial score (nSPS) is 19.9. The quantitative estimate of drug-likeness (QED) is 0.842. The molecule has 1 saturated heterocycles. The fraction of sp³-hybridized carbons (Fsp3) is 0.500. The summed E-state index contributed by atoms with van der Waals surface area (Å²) in [5.41, 5.74) is 0.946. The number of sulfonamides is 1. The zero-order chi connectivity index (χ0) is 11.6. The molecule has 0 aromatic carbocycles. The van der Waals surface area contributed by atoms with Gasteiger partial charge >= 0.3 is 0 Å². The molecule has 2 rings (SSSR count). The van der Waals surface area contributed by atoms with E-state index in [1.54, 1.807) is 12.3 Å². The van der Waals surface area contributed by atoms with Crippen LogP contribution in [0.3, 0.4) is 0 Å². The summed E-state index contributed by atoms with van der Waals surface area (Å²) in [5.74, 6) is 0. The van der Waals surface area contributed by atoms with E-state index in [-0.39, 0.29) is 23.5 Å². The van der Waals surface area contributed by atoms with Crippen molar-refractivity contribution in [3.63, 3.8) is 0 Å². The van der Waals surface area contributed by atoms with Crippen molar-refractivity contribution in [1.82, 2.24) is 15.0 Å². The molecule has 2 N–H and O–H groups in total. The molecule has 0 bridgehead atoms. The number of aryl methyl sites for hydroxylation is 1. The third-order valence-corrected chi connectivity index (χ3v) is 3.98. The monoisotopic (exact) mass is 277 g/mol. The van der Waals surface area contributed by atoms with E-state index in [4.69, 9.17) is 0 Å². The first-order valence-corrected chi connectivity index (χ1v) is 6.72. The number of hydrogen-bond donors (Lipinski definition) is 2. The average Bonchev–Trinajstić information content (AvgIpc) is 2.70. The lowest BCUT2D eigenvalue weighted by Crippen LogP contribution is -2.36. The van der Waals surface area contributed by atoms with Gasteiger partial charge in [-0.2, -0.15) is 0 Å². The third kappa shape index (κ3) is 3.64. The molecule has 1 fully saturated rings. The second-order valence-electron chi connectivity index (χ2n) is 3.98. The Balaban J connectivity index is 0.00000144. The minimum Gasteiger partial charge on any atom is -0.315 e. The van der Waals surface area contributed by atoms with Crippen LogP contribution in [0.15, 0.2) is 23.4 Å². The summed E-state index contributed by atoms with van der Waals surface area (Å²) < 4.78 is 26.4. The van der Waals surface area contributed by atoms with Crippen LogP contribution in [0.1, 0.15) is 12.0 Å². The standard InChI is InChI=1S/C10H15N3O2S.ClH/c1-8-2-3-10(12-6-8)16(14,15)13-9-4-5-11-7-9;/h2-3,6,9,11,13H,4-5,7H2,1H3;1H/t9-;/m0./s1. The largest absolute Gasteiger partial charge is 0.315 e. The van der Waals surface area contributed by atoms with E-state index in [0.29, 0.717) is 6.54 Å². The Morgan fingerprint density at radius 1 is 1.47 bits per heavy atom. The van der Waals surface area contributed by atoms with E-state index in [1.807, 2.05) is 6.92 Å². The molecule has 96 valence electrons. The molecule has 5 nitrogen and oxygen atoms in total. The highest BCUT2D eigenvalue weighted by Gasteiger charge is 2.23. The predicted octanol–water partition coefficient (Wildman–Crippen LogP) is 0.452. The number of hydrogen-bond acceptors (Lipinski definition) is 4. The molecule has 0 spiro atoms. The summed E-state index contributed by atoms with van der Waals surface area (Å²) >= 11 is 0. The first-order valence-electron chi connectivity index (χ1n) is 5.24. The first-order chi connectivity index (χ1) is 7.58. The van der Waals surface area contributed by atoms with E-state index in [2.05, 4.69) is 15.0 Å². The maximum absolute atomic E-state index is 11.9. The highest BCUT2D eigenvalue weighted by molar-refractivity contribution is 7.89. The van der Waals surface area contributed by atoms with Gasteiger partial charge in [0.05, 0.1) is 0 Å². The van der Waals surface area contributed by atoms with E-state index >= 15 is 0 Å². The van der Waals surface area contributed by atoms with Crippen molar-refractivity contribution in [2.24, 2.45) is 0 Å². The summed E-state index contributed by atoms with van der Waals surface area (Å²) in [6, 6.07) is 3.25. The van der Waals surface area contributed by atoms with Crippen LogP contribution < -0.4 is 10.0 Å². The van der Waals surface area contributed by atoms with Gasteiger partial charge in [0.2, 0.25) is 0 Å². The number of halogens is 1. The fourth-order valence-electron chi connectivity index (χ4n) is 1.65. The summed E-state index contributed by atoms with van der Waals surface area (Å²) in [4.78, 5) is 3.92. The van der Waals surface area contributed by atoms with E-state index in [1.165, 1.54) is 6.07 Å². The molecule has 1 aromatic heterocycles. The summed E-state index contributed by atoms with van der Waals surface area (Å²) in [5, 5.41) is 3.20. The molecule has 0 radical (unpaired) electrons. The lowest BCUT2D eigenvalue weighted by atomic mass is 10.3. The average molecular weight is 278 g/mol. The van der Waals surface area contributed by atoms with Gasteiger partial charge in [-0.25, -0.2) is 18.1 Å². The molecular formula is C10H16ClN3O2S. The molecule has 1 aliphatic heterocycles. The minimum absolute atomic E-state index is 0. The van der Waals surface area contributed by atoms with Crippen LogP contribution in [0.4, 0.5) is 0 Å². The minimum atomic E-state index is -3.46. The van der Waals surface area contributed by atoms with Crippen LogP contribution >= 0.6 is 12.4 Å². The molecule has 7 heteroatoms. The number of rotatable bonds is 3. The second-order valence-corrected chi connectivity index (χ2v) is 5.65. The van der Waals surface area contributed by atoms with Gasteiger partial charge in [0.25, 0.3) is 10.0 Å². The van der Waals surface area contributed by atoms with Gasteiger partial charge in [0.1, 0.15) is 0 Å². The van der Waals surface area contributed by atoms with Gasteiger partial charge in [-0.15, -0.1) is 12.4 Å². The van der Waals surface area contributed by atoms with Gasteiger partial charge < -0.3 is 5.32 Å². The predicted molar refractivity (Wildman–Crippen MR) is 67.8 cm³/mol. The Kier molecular flexibility index (Phi) is 4.88. The highest BCUT2D eigenvalue weighted by atomic mass is 35.5. The van der Waals surface area contributed by atoms with Crippen LogP contribution in [-0.2, 0) is 10.0 Å².